The predicted molar refractivity (Wildman–Crippen MR) is 71.1 cm³/mol. The molecule has 1 aliphatic rings. The first-order valence-corrected chi connectivity index (χ1v) is 6.28. The van der Waals surface area contributed by atoms with Crippen molar-refractivity contribution in [2.75, 3.05) is 36.6 Å². The lowest BCUT2D eigenvalue weighted by atomic mass is 10.1. The van der Waals surface area contributed by atoms with Crippen LogP contribution in [0.25, 0.3) is 0 Å². The van der Waals surface area contributed by atoms with Crippen LogP contribution in [0.3, 0.4) is 0 Å². The fourth-order valence-electron chi connectivity index (χ4n) is 1.93. The fraction of sp³-hybridized carbons (Fsp3) is 0.727. The summed E-state index contributed by atoms with van der Waals surface area (Å²) in [6.07, 6.45) is 0. The number of nitrogens with zero attached hydrogens (tertiary/aromatic N) is 4. The van der Waals surface area contributed by atoms with Gasteiger partial charge in [0.05, 0.1) is 18.8 Å². The zero-order chi connectivity index (χ0) is 13.9. The summed E-state index contributed by atoms with van der Waals surface area (Å²) in [7, 11) is 0. The summed E-state index contributed by atoms with van der Waals surface area (Å²) in [5.41, 5.74) is 2.20. The third-order valence-corrected chi connectivity index (χ3v) is 2.71. The fourth-order valence-corrected chi connectivity index (χ4v) is 1.93. The Bertz CT molecular complexity index is 439. The summed E-state index contributed by atoms with van der Waals surface area (Å²) in [5, 5.41) is 0. The lowest BCUT2D eigenvalue weighted by molar-refractivity contribution is -0.0281. The van der Waals surface area contributed by atoms with Crippen molar-refractivity contribution in [1.82, 2.24) is 15.0 Å². The lowest BCUT2D eigenvalue weighted by Gasteiger charge is -2.38. The summed E-state index contributed by atoms with van der Waals surface area (Å²) in [6, 6.07) is 0.268. The van der Waals surface area contributed by atoms with E-state index >= 15 is 0 Å². The summed E-state index contributed by atoms with van der Waals surface area (Å²) in [6.45, 7) is 8.49. The van der Waals surface area contributed by atoms with Crippen molar-refractivity contribution in [2.24, 2.45) is 5.84 Å². The maximum absolute atomic E-state index is 5.67. The number of nitrogen functional groups attached to an aromatic ring is 1. The molecule has 1 aliphatic heterocycles. The van der Waals surface area contributed by atoms with Crippen molar-refractivity contribution in [2.45, 2.75) is 26.4 Å². The molecule has 106 valence electrons. The van der Waals surface area contributed by atoms with Gasteiger partial charge in [-0.05, 0) is 20.8 Å². The molecule has 1 fully saturated rings. The molecule has 8 heteroatoms. The Kier molecular flexibility index (Phi) is 4.01. The Hall–Kier alpha value is -1.67. The number of ether oxygens (including phenoxy) is 2. The van der Waals surface area contributed by atoms with Gasteiger partial charge in [0.15, 0.2) is 0 Å². The highest BCUT2D eigenvalue weighted by molar-refractivity contribution is 5.38. The number of hydrazine groups is 1. The number of aromatic nitrogens is 3. The Balaban J connectivity index is 2.25. The summed E-state index contributed by atoms with van der Waals surface area (Å²) >= 11 is 0. The molecule has 2 rings (SSSR count). The normalized spacial score (nSPS) is 18.2. The third-order valence-electron chi connectivity index (χ3n) is 2.71. The van der Waals surface area contributed by atoms with E-state index in [4.69, 9.17) is 15.3 Å². The maximum atomic E-state index is 5.67. The number of anilines is 2. The largest absolute Gasteiger partial charge is 0.464 e. The van der Waals surface area contributed by atoms with Crippen LogP contribution >= 0.6 is 0 Å². The molecule has 0 saturated carbocycles. The highest BCUT2D eigenvalue weighted by Gasteiger charge is 2.29. The second-order valence-corrected chi connectivity index (χ2v) is 4.85. The Morgan fingerprint density at radius 3 is 2.84 bits per heavy atom. The predicted octanol–water partition coefficient (Wildman–Crippen LogP) is 0.171. The van der Waals surface area contributed by atoms with E-state index in [2.05, 4.69) is 20.4 Å². The Morgan fingerprint density at radius 1 is 1.42 bits per heavy atom. The zero-order valence-electron chi connectivity index (χ0n) is 11.5. The smallest absolute Gasteiger partial charge is 0.323 e. The molecule has 0 amide bonds. The average molecular weight is 268 g/mol. The van der Waals surface area contributed by atoms with Gasteiger partial charge in [-0.15, -0.1) is 0 Å². The molecular formula is C11H20N6O2. The first-order chi connectivity index (χ1) is 9.04. The van der Waals surface area contributed by atoms with Crippen molar-refractivity contribution in [3.8, 4) is 6.01 Å². The van der Waals surface area contributed by atoms with Crippen LogP contribution in [0.1, 0.15) is 20.8 Å². The van der Waals surface area contributed by atoms with Gasteiger partial charge in [-0.25, -0.2) is 5.84 Å². The molecule has 0 spiro atoms. The van der Waals surface area contributed by atoms with Crippen molar-refractivity contribution in [1.29, 1.82) is 0 Å². The Morgan fingerprint density at radius 2 is 2.21 bits per heavy atom. The number of rotatable bonds is 4. The average Bonchev–Trinajstić information content (AvgIpc) is 2.37. The number of nitrogens with one attached hydrogen (secondary N) is 1. The van der Waals surface area contributed by atoms with Gasteiger partial charge in [-0.3, -0.25) is 5.43 Å². The number of nitrogens with two attached hydrogens (primary N) is 1. The zero-order valence-corrected chi connectivity index (χ0v) is 11.5. The van der Waals surface area contributed by atoms with Gasteiger partial charge in [0.25, 0.3) is 0 Å². The summed E-state index contributed by atoms with van der Waals surface area (Å²) < 4.78 is 11.0. The minimum absolute atomic E-state index is 0.229. The molecule has 0 radical (unpaired) electrons. The molecule has 1 aromatic rings. The van der Waals surface area contributed by atoms with E-state index in [1.165, 1.54) is 0 Å². The monoisotopic (exact) mass is 268 g/mol. The van der Waals surface area contributed by atoms with Crippen molar-refractivity contribution in [3.05, 3.63) is 0 Å². The minimum atomic E-state index is -0.229. The highest BCUT2D eigenvalue weighted by atomic mass is 16.5. The first kappa shape index (κ1) is 13.8. The molecule has 1 aromatic heterocycles. The lowest BCUT2D eigenvalue weighted by Crippen LogP contribution is -2.49. The quantitative estimate of drug-likeness (QED) is 0.589. The number of morpholine rings is 1. The molecule has 3 N–H and O–H groups in total. The van der Waals surface area contributed by atoms with Gasteiger partial charge < -0.3 is 14.4 Å². The van der Waals surface area contributed by atoms with Crippen LogP contribution in [-0.2, 0) is 4.74 Å². The van der Waals surface area contributed by atoms with Gasteiger partial charge in [-0.1, -0.05) is 0 Å². The Labute approximate surface area is 112 Å². The van der Waals surface area contributed by atoms with Crippen LogP contribution in [0, 0.1) is 0 Å². The molecule has 19 heavy (non-hydrogen) atoms. The van der Waals surface area contributed by atoms with E-state index in [0.29, 0.717) is 25.7 Å². The van der Waals surface area contributed by atoms with E-state index in [1.54, 1.807) is 0 Å². The van der Waals surface area contributed by atoms with E-state index in [9.17, 15) is 0 Å². The van der Waals surface area contributed by atoms with Crippen molar-refractivity contribution >= 4 is 11.9 Å². The van der Waals surface area contributed by atoms with Crippen LogP contribution in [0.2, 0.25) is 0 Å². The SMILES string of the molecule is CCOc1nc(NN)nc(N2CCOC(C)(C)C2)n1. The van der Waals surface area contributed by atoms with Crippen molar-refractivity contribution in [3.63, 3.8) is 0 Å². The molecule has 8 nitrogen and oxygen atoms in total. The molecule has 0 aliphatic carbocycles. The van der Waals surface area contributed by atoms with E-state index in [0.717, 1.165) is 6.54 Å². The second kappa shape index (κ2) is 5.54. The van der Waals surface area contributed by atoms with Crippen LogP contribution in [0.5, 0.6) is 6.01 Å². The van der Waals surface area contributed by atoms with E-state index in [1.807, 2.05) is 25.7 Å². The highest BCUT2D eigenvalue weighted by Crippen LogP contribution is 2.22. The van der Waals surface area contributed by atoms with Crippen LogP contribution < -0.4 is 20.9 Å². The van der Waals surface area contributed by atoms with Crippen LogP contribution in [0.15, 0.2) is 0 Å². The van der Waals surface area contributed by atoms with Gasteiger partial charge in [0.2, 0.25) is 11.9 Å². The number of hydrogen-bond acceptors (Lipinski definition) is 8. The standard InChI is InChI=1S/C11H20N6O2/c1-4-18-10-14-8(16-12)13-9(15-10)17-5-6-19-11(2,3)7-17/h4-7,12H2,1-3H3,(H,13,14,15,16). The van der Waals surface area contributed by atoms with E-state index < -0.39 is 0 Å². The van der Waals surface area contributed by atoms with Gasteiger partial charge in [0, 0.05) is 13.1 Å². The third kappa shape index (κ3) is 3.42. The maximum Gasteiger partial charge on any atom is 0.323 e. The minimum Gasteiger partial charge on any atom is -0.464 e. The second-order valence-electron chi connectivity index (χ2n) is 4.85. The number of hydrogen-bond donors (Lipinski definition) is 2. The molecule has 0 unspecified atom stereocenters. The molecule has 0 aromatic carbocycles. The summed E-state index contributed by atoms with van der Waals surface area (Å²) in [4.78, 5) is 14.6. The first-order valence-electron chi connectivity index (χ1n) is 6.28. The molecule has 0 atom stereocenters. The van der Waals surface area contributed by atoms with E-state index in [-0.39, 0.29) is 17.6 Å². The van der Waals surface area contributed by atoms with Gasteiger partial charge in [0.1, 0.15) is 0 Å². The van der Waals surface area contributed by atoms with Crippen molar-refractivity contribution < 1.29 is 9.47 Å². The van der Waals surface area contributed by atoms with Crippen LogP contribution in [0.4, 0.5) is 11.9 Å². The topological polar surface area (TPSA) is 98.4 Å². The molecule has 1 saturated heterocycles. The summed E-state index contributed by atoms with van der Waals surface area (Å²) in [5.74, 6) is 6.20. The molecular weight excluding hydrogens is 248 g/mol. The van der Waals surface area contributed by atoms with Gasteiger partial charge >= 0.3 is 6.01 Å². The van der Waals surface area contributed by atoms with Crippen LogP contribution in [-0.4, -0.2) is 46.9 Å². The van der Waals surface area contributed by atoms with Gasteiger partial charge in [-0.2, -0.15) is 15.0 Å². The molecule has 2 heterocycles. The molecule has 0 bridgehead atoms.